The Balaban J connectivity index is 1.90. The van der Waals surface area contributed by atoms with E-state index < -0.39 is 6.10 Å². The molecule has 0 unspecified atom stereocenters. The van der Waals surface area contributed by atoms with Gasteiger partial charge in [0.1, 0.15) is 5.75 Å². The van der Waals surface area contributed by atoms with Gasteiger partial charge in [0.25, 0.3) is 0 Å². The number of aliphatic hydroxyl groups excluding tert-OH is 1. The third-order valence-corrected chi connectivity index (χ3v) is 4.31. The van der Waals surface area contributed by atoms with Crippen molar-refractivity contribution in [2.75, 3.05) is 26.9 Å². The Morgan fingerprint density at radius 2 is 2.30 bits per heavy atom. The zero-order chi connectivity index (χ0) is 16.2. The molecule has 1 aliphatic heterocycles. The van der Waals surface area contributed by atoms with Gasteiger partial charge >= 0.3 is 0 Å². The van der Waals surface area contributed by atoms with Crippen LogP contribution in [0.25, 0.3) is 5.69 Å². The second-order valence-electron chi connectivity index (χ2n) is 5.68. The second kappa shape index (κ2) is 7.12. The number of hydrogen-bond acceptors (Lipinski definition) is 5. The van der Waals surface area contributed by atoms with Gasteiger partial charge in [-0.05, 0) is 36.4 Å². The van der Waals surface area contributed by atoms with Gasteiger partial charge in [-0.15, -0.1) is 0 Å². The summed E-state index contributed by atoms with van der Waals surface area (Å²) in [5.74, 6) is 0.815. The fourth-order valence-corrected chi connectivity index (χ4v) is 3.01. The molecule has 1 aromatic heterocycles. The van der Waals surface area contributed by atoms with Gasteiger partial charge in [0.2, 0.25) is 0 Å². The molecule has 124 valence electrons. The summed E-state index contributed by atoms with van der Waals surface area (Å²) >= 11 is 0. The van der Waals surface area contributed by atoms with E-state index in [9.17, 15) is 5.11 Å². The molecule has 2 atom stereocenters. The van der Waals surface area contributed by atoms with Gasteiger partial charge in [-0.25, -0.2) is 4.68 Å². The second-order valence-corrected chi connectivity index (χ2v) is 5.68. The van der Waals surface area contributed by atoms with Crippen LogP contribution in [0.3, 0.4) is 0 Å². The van der Waals surface area contributed by atoms with Crippen LogP contribution in [0, 0.1) is 0 Å². The van der Waals surface area contributed by atoms with Crippen molar-refractivity contribution in [3.05, 3.63) is 42.2 Å². The molecular weight excluding hydrogens is 294 g/mol. The highest BCUT2D eigenvalue weighted by Gasteiger charge is 2.31. The van der Waals surface area contributed by atoms with Gasteiger partial charge in [0.05, 0.1) is 38.2 Å². The van der Waals surface area contributed by atoms with Crippen LogP contribution >= 0.6 is 0 Å². The minimum absolute atomic E-state index is 0.0247. The Morgan fingerprint density at radius 1 is 1.43 bits per heavy atom. The van der Waals surface area contributed by atoms with Gasteiger partial charge in [0.15, 0.2) is 0 Å². The smallest absolute Gasteiger partial charge is 0.119 e. The van der Waals surface area contributed by atoms with Crippen molar-refractivity contribution in [1.82, 2.24) is 14.7 Å². The normalized spacial score (nSPS) is 21.0. The van der Waals surface area contributed by atoms with Crippen LogP contribution in [-0.4, -0.2) is 58.8 Å². The molecule has 1 saturated heterocycles. The van der Waals surface area contributed by atoms with Crippen LogP contribution < -0.4 is 4.74 Å². The third kappa shape index (κ3) is 3.39. The van der Waals surface area contributed by atoms with Crippen molar-refractivity contribution in [2.45, 2.75) is 25.6 Å². The van der Waals surface area contributed by atoms with E-state index in [0.717, 1.165) is 23.5 Å². The molecule has 0 radical (unpaired) electrons. The van der Waals surface area contributed by atoms with Crippen molar-refractivity contribution in [3.8, 4) is 11.4 Å². The van der Waals surface area contributed by atoms with Crippen LogP contribution in [0.4, 0.5) is 0 Å². The number of likely N-dealkylation sites (N-methyl/N-ethyl adjacent to an activating group) is 1. The summed E-state index contributed by atoms with van der Waals surface area (Å²) in [7, 11) is 1.67. The predicted molar refractivity (Wildman–Crippen MR) is 86.8 cm³/mol. The van der Waals surface area contributed by atoms with Crippen LogP contribution in [0.5, 0.6) is 5.75 Å². The number of ether oxygens (including phenoxy) is 2. The summed E-state index contributed by atoms with van der Waals surface area (Å²) in [5.41, 5.74) is 2.12. The zero-order valence-corrected chi connectivity index (χ0v) is 13.6. The maximum Gasteiger partial charge on any atom is 0.119 e. The van der Waals surface area contributed by atoms with E-state index in [4.69, 9.17) is 9.47 Å². The first kappa shape index (κ1) is 16.0. The molecule has 2 aromatic rings. The van der Waals surface area contributed by atoms with Gasteiger partial charge in [-0.2, -0.15) is 5.10 Å². The minimum atomic E-state index is -0.436. The molecule has 6 heteroatoms. The largest absolute Gasteiger partial charge is 0.497 e. The Hall–Kier alpha value is -1.89. The Morgan fingerprint density at radius 3 is 2.91 bits per heavy atom. The Kier molecular flexibility index (Phi) is 4.95. The Labute approximate surface area is 136 Å². The molecule has 1 aromatic carbocycles. The van der Waals surface area contributed by atoms with Crippen LogP contribution in [0.15, 0.2) is 36.7 Å². The maximum absolute atomic E-state index is 10.1. The fraction of sp³-hybridized carbons (Fsp3) is 0.471. The lowest BCUT2D eigenvalue weighted by molar-refractivity contribution is 0.0807. The summed E-state index contributed by atoms with van der Waals surface area (Å²) in [4.78, 5) is 2.24. The highest BCUT2D eigenvalue weighted by atomic mass is 16.5. The number of aromatic nitrogens is 2. The average Bonchev–Trinajstić information content (AvgIpc) is 3.24. The molecule has 23 heavy (non-hydrogen) atoms. The van der Waals surface area contributed by atoms with E-state index in [2.05, 4.69) is 16.9 Å². The molecule has 0 spiro atoms. The molecule has 0 aliphatic carbocycles. The highest BCUT2D eigenvalue weighted by molar-refractivity contribution is 5.45. The lowest BCUT2D eigenvalue weighted by atomic mass is 10.1. The van der Waals surface area contributed by atoms with Crippen LogP contribution in [0.2, 0.25) is 0 Å². The predicted octanol–water partition coefficient (Wildman–Crippen LogP) is 1.46. The van der Waals surface area contributed by atoms with Crippen molar-refractivity contribution < 1.29 is 14.6 Å². The maximum atomic E-state index is 10.1. The van der Waals surface area contributed by atoms with Crippen molar-refractivity contribution >= 4 is 0 Å². The SMILES string of the molecule is CCN(Cc1cc(OC)ccc1-n1cccn1)[C@@H]1COC[C@H]1O. The van der Waals surface area contributed by atoms with E-state index in [1.165, 1.54) is 0 Å². The molecule has 0 saturated carbocycles. The standard InChI is InChI=1S/C17H23N3O3/c1-3-19(16-11-23-12-17(16)21)10-13-9-14(22-2)5-6-15(13)20-8-4-7-18-20/h4-9,16-17,21H,3,10-12H2,1-2H3/t16-,17-/m1/s1. The molecule has 0 bridgehead atoms. The van der Waals surface area contributed by atoms with Gasteiger partial charge < -0.3 is 14.6 Å². The topological polar surface area (TPSA) is 59.8 Å². The Bertz CT molecular complexity index is 630. The molecule has 6 nitrogen and oxygen atoms in total. The van der Waals surface area contributed by atoms with E-state index >= 15 is 0 Å². The highest BCUT2D eigenvalue weighted by Crippen LogP contribution is 2.24. The lowest BCUT2D eigenvalue weighted by Gasteiger charge is -2.29. The van der Waals surface area contributed by atoms with E-state index in [-0.39, 0.29) is 6.04 Å². The fourth-order valence-electron chi connectivity index (χ4n) is 3.01. The van der Waals surface area contributed by atoms with Gasteiger partial charge in [0, 0.05) is 18.9 Å². The summed E-state index contributed by atoms with van der Waals surface area (Å²) < 4.78 is 12.6. The van der Waals surface area contributed by atoms with Crippen molar-refractivity contribution in [2.24, 2.45) is 0 Å². The molecule has 2 heterocycles. The van der Waals surface area contributed by atoms with Gasteiger partial charge in [-0.1, -0.05) is 6.92 Å². The number of benzene rings is 1. The molecule has 3 rings (SSSR count). The summed E-state index contributed by atoms with van der Waals surface area (Å²) in [5, 5.41) is 14.4. The number of hydrogen-bond donors (Lipinski definition) is 1. The van der Waals surface area contributed by atoms with Gasteiger partial charge in [-0.3, -0.25) is 4.90 Å². The lowest BCUT2D eigenvalue weighted by Crippen LogP contribution is -2.42. The summed E-state index contributed by atoms with van der Waals surface area (Å²) in [6.07, 6.45) is 3.25. The van der Waals surface area contributed by atoms with Crippen LogP contribution in [-0.2, 0) is 11.3 Å². The van der Waals surface area contributed by atoms with Crippen LogP contribution in [0.1, 0.15) is 12.5 Å². The zero-order valence-electron chi connectivity index (χ0n) is 13.6. The quantitative estimate of drug-likeness (QED) is 0.874. The summed E-state index contributed by atoms with van der Waals surface area (Å²) in [6.45, 7) is 4.61. The van der Waals surface area contributed by atoms with E-state index in [1.54, 1.807) is 13.3 Å². The number of rotatable bonds is 6. The first-order valence-corrected chi connectivity index (χ1v) is 7.89. The third-order valence-electron chi connectivity index (χ3n) is 4.31. The average molecular weight is 317 g/mol. The number of aliphatic hydroxyl groups is 1. The molecule has 1 aliphatic rings. The van der Waals surface area contributed by atoms with E-state index in [0.29, 0.717) is 19.8 Å². The molecule has 0 amide bonds. The molecule has 1 N–H and O–H groups in total. The molecular formula is C17H23N3O3. The first-order chi connectivity index (χ1) is 11.2. The first-order valence-electron chi connectivity index (χ1n) is 7.89. The van der Waals surface area contributed by atoms with Crippen molar-refractivity contribution in [1.29, 1.82) is 0 Å². The van der Waals surface area contributed by atoms with Crippen molar-refractivity contribution in [3.63, 3.8) is 0 Å². The number of methoxy groups -OCH3 is 1. The molecule has 1 fully saturated rings. The number of nitrogens with zero attached hydrogens (tertiary/aromatic N) is 3. The summed E-state index contributed by atoms with van der Waals surface area (Å²) in [6, 6.07) is 7.90. The monoisotopic (exact) mass is 317 g/mol. The van der Waals surface area contributed by atoms with E-state index in [1.807, 2.05) is 35.1 Å². The minimum Gasteiger partial charge on any atom is -0.497 e.